The monoisotopic (exact) mass is 206 g/mol. The van der Waals surface area contributed by atoms with E-state index in [0.29, 0.717) is 11.3 Å². The van der Waals surface area contributed by atoms with Crippen LogP contribution >= 0.6 is 0 Å². The first-order valence-electron chi connectivity index (χ1n) is 4.58. The van der Waals surface area contributed by atoms with Crippen molar-refractivity contribution in [2.75, 3.05) is 0 Å². The molecule has 2 rings (SSSR count). The molecule has 4 nitrogen and oxygen atoms in total. The van der Waals surface area contributed by atoms with Crippen LogP contribution in [0.4, 0.5) is 4.39 Å². The van der Waals surface area contributed by atoms with Crippen molar-refractivity contribution in [3.8, 4) is 5.69 Å². The van der Waals surface area contributed by atoms with Crippen LogP contribution in [0.1, 0.15) is 18.5 Å². The number of halogens is 1. The molecule has 0 amide bonds. The van der Waals surface area contributed by atoms with Crippen molar-refractivity contribution in [1.29, 1.82) is 0 Å². The third-order valence-corrected chi connectivity index (χ3v) is 2.16. The van der Waals surface area contributed by atoms with Crippen molar-refractivity contribution >= 4 is 0 Å². The number of nitrogens with two attached hydrogens (primary N) is 1. The summed E-state index contributed by atoms with van der Waals surface area (Å²) in [5.41, 5.74) is 6.74. The van der Waals surface area contributed by atoms with Crippen LogP contribution in [0.5, 0.6) is 0 Å². The summed E-state index contributed by atoms with van der Waals surface area (Å²) in [6.45, 7) is 1.74. The summed E-state index contributed by atoms with van der Waals surface area (Å²) in [4.78, 5) is 3.79. The van der Waals surface area contributed by atoms with Crippen LogP contribution in [-0.4, -0.2) is 14.8 Å². The highest BCUT2D eigenvalue weighted by atomic mass is 19.1. The molecule has 0 spiro atoms. The molecule has 1 aromatic carbocycles. The van der Waals surface area contributed by atoms with Gasteiger partial charge >= 0.3 is 0 Å². The van der Waals surface area contributed by atoms with Gasteiger partial charge < -0.3 is 5.73 Å². The van der Waals surface area contributed by atoms with E-state index in [1.54, 1.807) is 19.1 Å². The van der Waals surface area contributed by atoms with E-state index < -0.39 is 0 Å². The molecule has 2 N–H and O–H groups in total. The van der Waals surface area contributed by atoms with Crippen molar-refractivity contribution in [3.63, 3.8) is 0 Å². The van der Waals surface area contributed by atoms with Crippen LogP contribution < -0.4 is 5.73 Å². The molecule has 0 fully saturated rings. The second-order valence-corrected chi connectivity index (χ2v) is 3.33. The molecule has 0 aliphatic carbocycles. The lowest BCUT2D eigenvalue weighted by atomic mass is 10.1. The summed E-state index contributed by atoms with van der Waals surface area (Å²) < 4.78 is 15.0. The standard InChI is InChI=1S/C10H11FN4/c1-7(12)9-3-2-8(4-10(9)11)15-6-13-5-14-15/h2-7H,12H2,1H3. The van der Waals surface area contributed by atoms with Gasteiger partial charge in [-0.3, -0.25) is 0 Å². The minimum atomic E-state index is -0.321. The molecular formula is C10H11FN4. The Hall–Kier alpha value is -1.75. The highest BCUT2D eigenvalue weighted by Gasteiger charge is 2.08. The van der Waals surface area contributed by atoms with Crippen LogP contribution in [0.2, 0.25) is 0 Å². The summed E-state index contributed by atoms with van der Waals surface area (Å²) in [5, 5.41) is 3.91. The van der Waals surface area contributed by atoms with E-state index in [-0.39, 0.29) is 11.9 Å². The van der Waals surface area contributed by atoms with E-state index in [2.05, 4.69) is 10.1 Å². The number of benzene rings is 1. The predicted octanol–water partition coefficient (Wildman–Crippen LogP) is 1.43. The molecule has 1 atom stereocenters. The molecule has 78 valence electrons. The summed E-state index contributed by atoms with van der Waals surface area (Å²) in [7, 11) is 0. The Kier molecular flexibility index (Phi) is 2.47. The van der Waals surface area contributed by atoms with Crippen LogP contribution in [0.15, 0.2) is 30.9 Å². The first-order valence-corrected chi connectivity index (χ1v) is 4.58. The molecule has 1 unspecified atom stereocenters. The van der Waals surface area contributed by atoms with Gasteiger partial charge in [0.15, 0.2) is 0 Å². The van der Waals surface area contributed by atoms with Crippen LogP contribution in [-0.2, 0) is 0 Å². The van der Waals surface area contributed by atoms with Crippen molar-refractivity contribution in [2.24, 2.45) is 5.73 Å². The molecule has 0 bridgehead atoms. The highest BCUT2D eigenvalue weighted by Crippen LogP contribution is 2.17. The maximum Gasteiger partial charge on any atom is 0.138 e. The van der Waals surface area contributed by atoms with Gasteiger partial charge in [-0.2, -0.15) is 5.10 Å². The topological polar surface area (TPSA) is 56.7 Å². The number of rotatable bonds is 2. The zero-order valence-corrected chi connectivity index (χ0v) is 8.26. The van der Waals surface area contributed by atoms with Crippen LogP contribution in [0.3, 0.4) is 0 Å². The molecule has 1 aromatic heterocycles. The zero-order chi connectivity index (χ0) is 10.8. The largest absolute Gasteiger partial charge is 0.324 e. The number of nitrogens with zero attached hydrogens (tertiary/aromatic N) is 3. The van der Waals surface area contributed by atoms with E-state index in [1.807, 2.05) is 0 Å². The van der Waals surface area contributed by atoms with Gasteiger partial charge in [0, 0.05) is 11.6 Å². The fourth-order valence-corrected chi connectivity index (χ4v) is 1.37. The third-order valence-electron chi connectivity index (χ3n) is 2.16. The summed E-state index contributed by atoms with van der Waals surface area (Å²) >= 11 is 0. The molecule has 0 aliphatic rings. The average molecular weight is 206 g/mol. The number of hydrogen-bond acceptors (Lipinski definition) is 3. The first-order chi connectivity index (χ1) is 7.18. The number of hydrogen-bond donors (Lipinski definition) is 1. The molecule has 0 aliphatic heterocycles. The molecular weight excluding hydrogens is 195 g/mol. The quantitative estimate of drug-likeness (QED) is 0.808. The second-order valence-electron chi connectivity index (χ2n) is 3.33. The van der Waals surface area contributed by atoms with Crippen molar-refractivity contribution in [1.82, 2.24) is 14.8 Å². The molecule has 0 saturated carbocycles. The van der Waals surface area contributed by atoms with Crippen LogP contribution in [0, 0.1) is 5.82 Å². The lowest BCUT2D eigenvalue weighted by Crippen LogP contribution is -2.08. The van der Waals surface area contributed by atoms with Crippen molar-refractivity contribution < 1.29 is 4.39 Å². The van der Waals surface area contributed by atoms with E-state index in [9.17, 15) is 4.39 Å². The van der Waals surface area contributed by atoms with Crippen LogP contribution in [0.25, 0.3) is 5.69 Å². The van der Waals surface area contributed by atoms with Gasteiger partial charge in [-0.15, -0.1) is 0 Å². The first kappa shape index (κ1) is 9.79. The van der Waals surface area contributed by atoms with Crippen molar-refractivity contribution in [2.45, 2.75) is 13.0 Å². The predicted molar refractivity (Wildman–Crippen MR) is 53.9 cm³/mol. The number of aromatic nitrogens is 3. The lowest BCUT2D eigenvalue weighted by Gasteiger charge is -2.08. The molecule has 0 radical (unpaired) electrons. The summed E-state index contributed by atoms with van der Waals surface area (Å²) in [5.74, 6) is -0.321. The zero-order valence-electron chi connectivity index (χ0n) is 8.26. The Balaban J connectivity index is 2.42. The minimum absolute atomic E-state index is 0.310. The van der Waals surface area contributed by atoms with Gasteiger partial charge in [0.1, 0.15) is 18.5 Å². The summed E-state index contributed by atoms with van der Waals surface area (Å²) in [6.07, 6.45) is 2.91. The SMILES string of the molecule is CC(N)c1ccc(-n2cncn2)cc1F. The Morgan fingerprint density at radius 2 is 2.27 bits per heavy atom. The average Bonchev–Trinajstić information content (AvgIpc) is 2.69. The Morgan fingerprint density at radius 3 is 2.80 bits per heavy atom. The molecule has 5 heteroatoms. The van der Waals surface area contributed by atoms with Crippen molar-refractivity contribution in [3.05, 3.63) is 42.2 Å². The molecule has 0 saturated heterocycles. The van der Waals surface area contributed by atoms with Gasteiger partial charge in [0.05, 0.1) is 5.69 Å². The van der Waals surface area contributed by atoms with Gasteiger partial charge in [-0.1, -0.05) is 6.07 Å². The Labute approximate surface area is 86.6 Å². The smallest absolute Gasteiger partial charge is 0.138 e. The third kappa shape index (κ3) is 1.87. The van der Waals surface area contributed by atoms with Gasteiger partial charge in [-0.05, 0) is 19.1 Å². The minimum Gasteiger partial charge on any atom is -0.324 e. The van der Waals surface area contributed by atoms with Gasteiger partial charge in [0.25, 0.3) is 0 Å². The maximum absolute atomic E-state index is 13.6. The Bertz CT molecular complexity index is 450. The van der Waals surface area contributed by atoms with E-state index in [4.69, 9.17) is 5.73 Å². The van der Waals surface area contributed by atoms with E-state index in [1.165, 1.54) is 23.4 Å². The van der Waals surface area contributed by atoms with E-state index in [0.717, 1.165) is 0 Å². The Morgan fingerprint density at radius 1 is 1.47 bits per heavy atom. The van der Waals surface area contributed by atoms with Gasteiger partial charge in [0.2, 0.25) is 0 Å². The fraction of sp³-hybridized carbons (Fsp3) is 0.200. The maximum atomic E-state index is 13.6. The lowest BCUT2D eigenvalue weighted by molar-refractivity contribution is 0.591. The second kappa shape index (κ2) is 3.78. The van der Waals surface area contributed by atoms with E-state index >= 15 is 0 Å². The fourth-order valence-electron chi connectivity index (χ4n) is 1.37. The molecule has 1 heterocycles. The summed E-state index contributed by atoms with van der Waals surface area (Å²) in [6, 6.07) is 4.51. The molecule has 2 aromatic rings. The highest BCUT2D eigenvalue weighted by molar-refractivity contribution is 5.35. The normalized spacial score (nSPS) is 12.7. The van der Waals surface area contributed by atoms with Gasteiger partial charge in [-0.25, -0.2) is 14.1 Å². The molecule has 15 heavy (non-hydrogen) atoms.